The van der Waals surface area contributed by atoms with E-state index in [0.717, 1.165) is 24.2 Å². The van der Waals surface area contributed by atoms with Crippen LogP contribution >= 0.6 is 0 Å². The van der Waals surface area contributed by atoms with Gasteiger partial charge in [0.2, 0.25) is 0 Å². The molecule has 2 heteroatoms. The molecule has 0 amide bonds. The lowest BCUT2D eigenvalue weighted by atomic mass is 9.93. The van der Waals surface area contributed by atoms with E-state index in [1.807, 2.05) is 19.9 Å². The molecule has 0 aromatic heterocycles. The van der Waals surface area contributed by atoms with Crippen LogP contribution in [-0.2, 0) is 11.2 Å². The molecule has 0 fully saturated rings. The maximum atomic E-state index is 11.5. The standard InChI is InChI=1S/C13H16O2/c1-4-5-10-6-8(2)7-11-12(10)9(3)13(14)15-11/h6-7,9H,4-5H2,1-3H3. The van der Waals surface area contributed by atoms with Gasteiger partial charge in [0.15, 0.2) is 0 Å². The first-order valence-corrected chi connectivity index (χ1v) is 5.48. The molecule has 80 valence electrons. The molecule has 2 rings (SSSR count). The zero-order valence-corrected chi connectivity index (χ0v) is 9.46. The van der Waals surface area contributed by atoms with Crippen molar-refractivity contribution in [1.82, 2.24) is 0 Å². The second-order valence-electron chi connectivity index (χ2n) is 4.23. The maximum absolute atomic E-state index is 11.5. The first-order valence-electron chi connectivity index (χ1n) is 5.48. The third-order valence-corrected chi connectivity index (χ3v) is 2.89. The fourth-order valence-electron chi connectivity index (χ4n) is 2.20. The van der Waals surface area contributed by atoms with Crippen LogP contribution in [0.3, 0.4) is 0 Å². The summed E-state index contributed by atoms with van der Waals surface area (Å²) in [6, 6.07) is 4.12. The van der Waals surface area contributed by atoms with Gasteiger partial charge in [-0.3, -0.25) is 4.79 Å². The summed E-state index contributed by atoms with van der Waals surface area (Å²) >= 11 is 0. The number of fused-ring (bicyclic) bond motifs is 1. The predicted molar refractivity (Wildman–Crippen MR) is 59.2 cm³/mol. The van der Waals surface area contributed by atoms with E-state index >= 15 is 0 Å². The number of hydrogen-bond acceptors (Lipinski definition) is 2. The Bertz CT molecular complexity index is 407. The molecule has 15 heavy (non-hydrogen) atoms. The van der Waals surface area contributed by atoms with Crippen LogP contribution in [0.5, 0.6) is 5.75 Å². The molecular formula is C13H16O2. The lowest BCUT2D eigenvalue weighted by Gasteiger charge is -2.09. The van der Waals surface area contributed by atoms with Crippen molar-refractivity contribution in [3.05, 3.63) is 28.8 Å². The van der Waals surface area contributed by atoms with Crippen LogP contribution in [0.1, 0.15) is 42.9 Å². The van der Waals surface area contributed by atoms with Gasteiger partial charge in [0.05, 0.1) is 5.92 Å². The van der Waals surface area contributed by atoms with Gasteiger partial charge >= 0.3 is 5.97 Å². The fraction of sp³-hybridized carbons (Fsp3) is 0.462. The molecule has 0 spiro atoms. The summed E-state index contributed by atoms with van der Waals surface area (Å²) < 4.78 is 5.25. The number of hydrogen-bond donors (Lipinski definition) is 0. The molecule has 1 aromatic carbocycles. The van der Waals surface area contributed by atoms with Crippen molar-refractivity contribution >= 4 is 5.97 Å². The minimum atomic E-state index is -0.118. The molecule has 0 saturated heterocycles. The van der Waals surface area contributed by atoms with E-state index < -0.39 is 0 Å². The van der Waals surface area contributed by atoms with E-state index in [4.69, 9.17) is 4.74 Å². The Morgan fingerprint density at radius 2 is 2.13 bits per heavy atom. The summed E-state index contributed by atoms with van der Waals surface area (Å²) in [4.78, 5) is 11.5. The predicted octanol–water partition coefficient (Wildman–Crippen LogP) is 2.97. The van der Waals surface area contributed by atoms with Crippen LogP contribution < -0.4 is 4.74 Å². The monoisotopic (exact) mass is 204 g/mol. The molecular weight excluding hydrogens is 188 g/mol. The molecule has 0 saturated carbocycles. The van der Waals surface area contributed by atoms with E-state index in [-0.39, 0.29) is 11.9 Å². The number of benzene rings is 1. The molecule has 1 aliphatic heterocycles. The van der Waals surface area contributed by atoms with Crippen molar-refractivity contribution in [1.29, 1.82) is 0 Å². The van der Waals surface area contributed by atoms with Crippen LogP contribution in [0.15, 0.2) is 12.1 Å². The van der Waals surface area contributed by atoms with Gasteiger partial charge in [-0.25, -0.2) is 0 Å². The Kier molecular flexibility index (Phi) is 2.51. The molecule has 0 N–H and O–H groups in total. The minimum absolute atomic E-state index is 0.0952. The van der Waals surface area contributed by atoms with Gasteiger partial charge in [-0.15, -0.1) is 0 Å². The molecule has 2 nitrogen and oxygen atoms in total. The van der Waals surface area contributed by atoms with E-state index in [0.29, 0.717) is 0 Å². The zero-order chi connectivity index (χ0) is 11.0. The largest absolute Gasteiger partial charge is 0.426 e. The number of aryl methyl sites for hydroxylation is 2. The summed E-state index contributed by atoms with van der Waals surface area (Å²) in [5, 5.41) is 0. The third-order valence-electron chi connectivity index (χ3n) is 2.89. The summed E-state index contributed by atoms with van der Waals surface area (Å²) in [6.45, 7) is 6.11. The SMILES string of the molecule is CCCc1cc(C)cc2c1C(C)C(=O)O2. The maximum Gasteiger partial charge on any atom is 0.318 e. The smallest absolute Gasteiger partial charge is 0.318 e. The number of carbonyl (C=O) groups is 1. The Morgan fingerprint density at radius 1 is 1.40 bits per heavy atom. The lowest BCUT2D eigenvalue weighted by Crippen LogP contribution is -2.06. The summed E-state index contributed by atoms with van der Waals surface area (Å²) in [6.07, 6.45) is 2.11. The molecule has 1 aromatic rings. The topological polar surface area (TPSA) is 26.3 Å². The Balaban J connectivity index is 2.53. The van der Waals surface area contributed by atoms with Gasteiger partial charge < -0.3 is 4.74 Å². The first-order chi connectivity index (χ1) is 7.13. The molecule has 1 atom stereocenters. The van der Waals surface area contributed by atoms with Crippen molar-refractivity contribution in [2.24, 2.45) is 0 Å². The van der Waals surface area contributed by atoms with Crippen LogP contribution in [0.4, 0.5) is 0 Å². The highest BCUT2D eigenvalue weighted by Crippen LogP contribution is 2.38. The third kappa shape index (κ3) is 1.65. The number of esters is 1. The average Bonchev–Trinajstić information content (AvgIpc) is 2.42. The first kappa shape index (κ1) is 10.2. The van der Waals surface area contributed by atoms with Crippen LogP contribution in [0.25, 0.3) is 0 Å². The highest BCUT2D eigenvalue weighted by molar-refractivity contribution is 5.86. The number of rotatable bonds is 2. The van der Waals surface area contributed by atoms with Gasteiger partial charge in [-0.05, 0) is 37.5 Å². The van der Waals surface area contributed by atoms with Gasteiger partial charge in [-0.1, -0.05) is 19.4 Å². The Labute approximate surface area is 90.3 Å². The molecule has 0 radical (unpaired) electrons. The normalized spacial score (nSPS) is 18.9. The van der Waals surface area contributed by atoms with Crippen molar-refractivity contribution in [3.63, 3.8) is 0 Å². The van der Waals surface area contributed by atoms with Gasteiger partial charge in [0.25, 0.3) is 0 Å². The zero-order valence-electron chi connectivity index (χ0n) is 9.46. The molecule has 1 unspecified atom stereocenters. The van der Waals surface area contributed by atoms with Crippen LogP contribution in [-0.4, -0.2) is 5.97 Å². The van der Waals surface area contributed by atoms with E-state index in [2.05, 4.69) is 13.0 Å². The van der Waals surface area contributed by atoms with E-state index in [1.54, 1.807) is 0 Å². The summed E-state index contributed by atoms with van der Waals surface area (Å²) in [7, 11) is 0. The van der Waals surface area contributed by atoms with Crippen molar-refractivity contribution in [3.8, 4) is 5.75 Å². The second-order valence-corrected chi connectivity index (χ2v) is 4.23. The highest BCUT2D eigenvalue weighted by atomic mass is 16.5. The van der Waals surface area contributed by atoms with E-state index in [1.165, 1.54) is 11.1 Å². The Morgan fingerprint density at radius 3 is 2.80 bits per heavy atom. The van der Waals surface area contributed by atoms with Gasteiger partial charge in [0, 0.05) is 5.56 Å². The van der Waals surface area contributed by atoms with Crippen molar-refractivity contribution in [2.45, 2.75) is 39.5 Å². The molecule has 0 bridgehead atoms. The van der Waals surface area contributed by atoms with Crippen LogP contribution in [0.2, 0.25) is 0 Å². The Hall–Kier alpha value is -1.31. The fourth-order valence-corrected chi connectivity index (χ4v) is 2.20. The van der Waals surface area contributed by atoms with Crippen LogP contribution in [0, 0.1) is 6.92 Å². The number of ether oxygens (including phenoxy) is 1. The van der Waals surface area contributed by atoms with Gasteiger partial charge in [0.1, 0.15) is 5.75 Å². The number of carbonyl (C=O) groups excluding carboxylic acids is 1. The lowest BCUT2D eigenvalue weighted by molar-refractivity contribution is -0.133. The summed E-state index contributed by atoms with van der Waals surface area (Å²) in [5.74, 6) is 0.561. The molecule has 1 heterocycles. The highest BCUT2D eigenvalue weighted by Gasteiger charge is 2.31. The van der Waals surface area contributed by atoms with Crippen molar-refractivity contribution < 1.29 is 9.53 Å². The minimum Gasteiger partial charge on any atom is -0.426 e. The second kappa shape index (κ2) is 3.69. The quantitative estimate of drug-likeness (QED) is 0.547. The average molecular weight is 204 g/mol. The van der Waals surface area contributed by atoms with Gasteiger partial charge in [-0.2, -0.15) is 0 Å². The van der Waals surface area contributed by atoms with E-state index in [9.17, 15) is 4.79 Å². The molecule has 1 aliphatic rings. The van der Waals surface area contributed by atoms with Crippen molar-refractivity contribution in [2.75, 3.05) is 0 Å². The summed E-state index contributed by atoms with van der Waals surface area (Å²) in [5.41, 5.74) is 3.54. The molecule has 0 aliphatic carbocycles.